The number of ether oxygens (including phenoxy) is 1. The molecule has 0 spiro atoms. The van der Waals surface area contributed by atoms with Gasteiger partial charge in [0.25, 0.3) is 0 Å². The Hall–Kier alpha value is -1.79. The Morgan fingerprint density at radius 3 is 2.53 bits per heavy atom. The summed E-state index contributed by atoms with van der Waals surface area (Å²) in [7, 11) is 0.985. The van der Waals surface area contributed by atoms with Crippen molar-refractivity contribution in [3.05, 3.63) is 23.4 Å². The summed E-state index contributed by atoms with van der Waals surface area (Å²) < 4.78 is 41.4. The summed E-state index contributed by atoms with van der Waals surface area (Å²) in [4.78, 5) is 14.1. The molecular formula is C8H7F3N2O2. The lowest BCUT2D eigenvalue weighted by atomic mass is 10.2. The van der Waals surface area contributed by atoms with Crippen molar-refractivity contribution >= 4 is 11.8 Å². The summed E-state index contributed by atoms with van der Waals surface area (Å²) in [6.07, 6.45) is -4.74. The van der Waals surface area contributed by atoms with Gasteiger partial charge in [-0.25, -0.2) is 9.78 Å². The molecule has 0 saturated carbocycles. The summed E-state index contributed by atoms with van der Waals surface area (Å²) in [5.41, 5.74) is 3.11. The van der Waals surface area contributed by atoms with Crippen molar-refractivity contribution in [3.63, 3.8) is 0 Å². The van der Waals surface area contributed by atoms with Crippen LogP contribution in [-0.2, 0) is 10.9 Å². The van der Waals surface area contributed by atoms with Crippen LogP contribution in [0.3, 0.4) is 0 Å². The summed E-state index contributed by atoms with van der Waals surface area (Å²) in [5, 5.41) is 0. The average molecular weight is 220 g/mol. The largest absolute Gasteiger partial charge is 0.465 e. The number of aromatic nitrogens is 1. The van der Waals surface area contributed by atoms with E-state index in [-0.39, 0.29) is 5.82 Å². The van der Waals surface area contributed by atoms with Gasteiger partial charge in [0.05, 0.1) is 12.7 Å². The van der Waals surface area contributed by atoms with Gasteiger partial charge in [-0.1, -0.05) is 0 Å². The standard InChI is InChI=1S/C8H7F3N2O2/c1-15-7(14)4-2-3-5(12)13-6(4)8(9,10)11/h2-3H,1H3,(H2,12,13). The zero-order valence-corrected chi connectivity index (χ0v) is 7.63. The highest BCUT2D eigenvalue weighted by Gasteiger charge is 2.37. The Kier molecular flexibility index (Phi) is 2.83. The highest BCUT2D eigenvalue weighted by Crippen LogP contribution is 2.31. The van der Waals surface area contributed by atoms with E-state index in [1.54, 1.807) is 0 Å². The molecule has 7 heteroatoms. The fraction of sp³-hybridized carbons (Fsp3) is 0.250. The van der Waals surface area contributed by atoms with Crippen LogP contribution >= 0.6 is 0 Å². The summed E-state index contributed by atoms with van der Waals surface area (Å²) >= 11 is 0. The maximum absolute atomic E-state index is 12.4. The van der Waals surface area contributed by atoms with Crippen LogP contribution in [0.25, 0.3) is 0 Å². The van der Waals surface area contributed by atoms with Crippen molar-refractivity contribution in [2.45, 2.75) is 6.18 Å². The van der Waals surface area contributed by atoms with Crippen molar-refractivity contribution in [2.75, 3.05) is 12.8 Å². The number of esters is 1. The van der Waals surface area contributed by atoms with Gasteiger partial charge in [-0.15, -0.1) is 0 Å². The summed E-state index contributed by atoms with van der Waals surface area (Å²) in [5.74, 6) is -1.41. The Morgan fingerprint density at radius 1 is 1.47 bits per heavy atom. The second-order valence-electron chi connectivity index (χ2n) is 2.62. The smallest absolute Gasteiger partial charge is 0.434 e. The first-order chi connectivity index (χ1) is 6.86. The third kappa shape index (κ3) is 2.36. The molecule has 0 aliphatic carbocycles. The molecule has 2 N–H and O–H groups in total. The van der Waals surface area contributed by atoms with E-state index in [0.29, 0.717) is 0 Å². The quantitative estimate of drug-likeness (QED) is 0.728. The number of methoxy groups -OCH3 is 1. The first kappa shape index (κ1) is 11.3. The highest BCUT2D eigenvalue weighted by atomic mass is 19.4. The van der Waals surface area contributed by atoms with Crippen molar-refractivity contribution in [1.82, 2.24) is 4.98 Å². The molecule has 0 fully saturated rings. The molecule has 0 aliphatic rings. The average Bonchev–Trinajstić information content (AvgIpc) is 2.15. The number of hydrogen-bond acceptors (Lipinski definition) is 4. The zero-order valence-electron chi connectivity index (χ0n) is 7.63. The van der Waals surface area contributed by atoms with E-state index in [0.717, 1.165) is 19.2 Å². The van der Waals surface area contributed by atoms with Gasteiger partial charge in [-0.05, 0) is 12.1 Å². The molecule has 1 aromatic heterocycles. The lowest BCUT2D eigenvalue weighted by Crippen LogP contribution is -2.17. The molecule has 1 rings (SSSR count). The minimum atomic E-state index is -4.74. The summed E-state index contributed by atoms with van der Waals surface area (Å²) in [6, 6.07) is 2.03. The van der Waals surface area contributed by atoms with E-state index >= 15 is 0 Å². The number of halogens is 3. The van der Waals surface area contributed by atoms with Crippen molar-refractivity contribution < 1.29 is 22.7 Å². The second kappa shape index (κ2) is 3.76. The van der Waals surface area contributed by atoms with Gasteiger partial charge < -0.3 is 10.5 Å². The van der Waals surface area contributed by atoms with Gasteiger partial charge in [0.15, 0.2) is 5.69 Å². The van der Waals surface area contributed by atoms with Gasteiger partial charge >= 0.3 is 12.1 Å². The first-order valence-electron chi connectivity index (χ1n) is 3.78. The first-order valence-corrected chi connectivity index (χ1v) is 3.78. The molecule has 15 heavy (non-hydrogen) atoms. The number of carbonyl (C=O) groups is 1. The number of nitrogens with two attached hydrogens (primary N) is 1. The number of carbonyl (C=O) groups excluding carboxylic acids is 1. The maximum Gasteiger partial charge on any atom is 0.434 e. The predicted octanol–water partition coefficient (Wildman–Crippen LogP) is 1.47. The van der Waals surface area contributed by atoms with Crippen LogP contribution in [0.2, 0.25) is 0 Å². The second-order valence-corrected chi connectivity index (χ2v) is 2.62. The molecule has 0 radical (unpaired) electrons. The van der Waals surface area contributed by atoms with Crippen molar-refractivity contribution in [2.24, 2.45) is 0 Å². The number of rotatable bonds is 1. The van der Waals surface area contributed by atoms with Gasteiger partial charge in [0, 0.05) is 0 Å². The molecule has 0 unspecified atom stereocenters. The Morgan fingerprint density at radius 2 is 2.07 bits per heavy atom. The van der Waals surface area contributed by atoms with Crippen LogP contribution < -0.4 is 5.73 Å². The maximum atomic E-state index is 12.4. The molecule has 0 amide bonds. The lowest BCUT2D eigenvalue weighted by Gasteiger charge is -2.10. The molecule has 0 saturated heterocycles. The summed E-state index contributed by atoms with van der Waals surface area (Å²) in [6.45, 7) is 0. The van der Waals surface area contributed by atoms with Gasteiger partial charge in [0.1, 0.15) is 5.82 Å². The molecule has 0 bridgehead atoms. The van der Waals surface area contributed by atoms with Crippen LogP contribution in [0.15, 0.2) is 12.1 Å². The fourth-order valence-electron chi connectivity index (χ4n) is 0.965. The molecule has 1 aromatic rings. The van der Waals surface area contributed by atoms with Crippen LogP contribution in [-0.4, -0.2) is 18.1 Å². The van der Waals surface area contributed by atoms with E-state index in [4.69, 9.17) is 5.73 Å². The van der Waals surface area contributed by atoms with E-state index in [1.807, 2.05) is 0 Å². The van der Waals surface area contributed by atoms with E-state index in [2.05, 4.69) is 9.72 Å². The van der Waals surface area contributed by atoms with E-state index < -0.39 is 23.4 Å². The Balaban J connectivity index is 3.33. The van der Waals surface area contributed by atoms with Gasteiger partial charge in [0.2, 0.25) is 0 Å². The van der Waals surface area contributed by atoms with Crippen LogP contribution in [0.5, 0.6) is 0 Å². The van der Waals surface area contributed by atoms with Crippen LogP contribution in [0.4, 0.5) is 19.0 Å². The molecule has 0 aliphatic heterocycles. The molecule has 0 atom stereocenters. The van der Waals surface area contributed by atoms with E-state index in [1.165, 1.54) is 0 Å². The third-order valence-electron chi connectivity index (χ3n) is 1.59. The molecule has 4 nitrogen and oxygen atoms in total. The lowest BCUT2D eigenvalue weighted by molar-refractivity contribution is -0.141. The molecule has 0 aromatic carbocycles. The minimum absolute atomic E-state index is 0.310. The molecule has 82 valence electrons. The Labute approximate surface area is 82.9 Å². The Bertz CT molecular complexity index is 390. The van der Waals surface area contributed by atoms with E-state index in [9.17, 15) is 18.0 Å². The van der Waals surface area contributed by atoms with Crippen LogP contribution in [0, 0.1) is 0 Å². The SMILES string of the molecule is COC(=O)c1ccc(N)nc1C(F)(F)F. The zero-order chi connectivity index (χ0) is 11.6. The van der Waals surface area contributed by atoms with Gasteiger partial charge in [-0.2, -0.15) is 13.2 Å². The number of nitrogens with zero attached hydrogens (tertiary/aromatic N) is 1. The topological polar surface area (TPSA) is 65.2 Å². The predicted molar refractivity (Wildman–Crippen MR) is 45.0 cm³/mol. The van der Waals surface area contributed by atoms with Gasteiger partial charge in [-0.3, -0.25) is 0 Å². The normalized spacial score (nSPS) is 11.2. The number of pyridine rings is 1. The monoisotopic (exact) mass is 220 g/mol. The number of anilines is 1. The highest BCUT2D eigenvalue weighted by molar-refractivity contribution is 5.90. The van der Waals surface area contributed by atoms with Crippen molar-refractivity contribution in [1.29, 1.82) is 0 Å². The molecular weight excluding hydrogens is 213 g/mol. The van der Waals surface area contributed by atoms with Crippen molar-refractivity contribution in [3.8, 4) is 0 Å². The third-order valence-corrected chi connectivity index (χ3v) is 1.59. The number of nitrogen functional groups attached to an aromatic ring is 1. The fourth-order valence-corrected chi connectivity index (χ4v) is 0.965. The minimum Gasteiger partial charge on any atom is -0.465 e. The van der Waals surface area contributed by atoms with Crippen LogP contribution in [0.1, 0.15) is 16.1 Å². The molecule has 1 heterocycles. The number of hydrogen-bond donors (Lipinski definition) is 1. The number of alkyl halides is 3.